The lowest BCUT2D eigenvalue weighted by atomic mass is 10.2. The molecule has 2 rings (SSSR count). The average Bonchev–Trinajstić information content (AvgIpc) is 2.93. The first-order valence-electron chi connectivity index (χ1n) is 6.27. The second-order valence-corrected chi connectivity index (χ2v) is 5.96. The van der Waals surface area contributed by atoms with Crippen molar-refractivity contribution in [1.29, 1.82) is 0 Å². The molecule has 4 nitrogen and oxygen atoms in total. The SMILES string of the molecule is CCCCNS(=O)(=O)c1ccccc1-c1ccco1. The number of furan rings is 1. The number of hydrogen-bond donors (Lipinski definition) is 1. The van der Waals surface area contributed by atoms with Gasteiger partial charge >= 0.3 is 0 Å². The first-order valence-corrected chi connectivity index (χ1v) is 7.76. The first-order chi connectivity index (χ1) is 9.15. The van der Waals surface area contributed by atoms with E-state index in [1.54, 1.807) is 36.4 Å². The van der Waals surface area contributed by atoms with Gasteiger partial charge in [0.15, 0.2) is 0 Å². The summed E-state index contributed by atoms with van der Waals surface area (Å²) in [6.07, 6.45) is 3.30. The van der Waals surface area contributed by atoms with Gasteiger partial charge in [0, 0.05) is 12.1 Å². The van der Waals surface area contributed by atoms with Crippen LogP contribution in [0.3, 0.4) is 0 Å². The summed E-state index contributed by atoms with van der Waals surface area (Å²) in [5.74, 6) is 0.552. The molecule has 102 valence electrons. The molecule has 0 fully saturated rings. The van der Waals surface area contributed by atoms with E-state index in [-0.39, 0.29) is 4.90 Å². The fraction of sp³-hybridized carbons (Fsp3) is 0.286. The van der Waals surface area contributed by atoms with Crippen LogP contribution in [-0.4, -0.2) is 15.0 Å². The summed E-state index contributed by atoms with van der Waals surface area (Å²) in [6.45, 7) is 2.47. The molecule has 5 heteroatoms. The third kappa shape index (κ3) is 3.24. The van der Waals surface area contributed by atoms with Crippen molar-refractivity contribution in [3.05, 3.63) is 42.7 Å². The van der Waals surface area contributed by atoms with E-state index < -0.39 is 10.0 Å². The molecule has 0 bridgehead atoms. The predicted molar refractivity (Wildman–Crippen MR) is 74.2 cm³/mol. The number of unbranched alkanes of at least 4 members (excludes halogenated alkanes) is 1. The van der Waals surface area contributed by atoms with Gasteiger partial charge in [-0.05, 0) is 30.7 Å². The molecule has 0 unspecified atom stereocenters. The summed E-state index contributed by atoms with van der Waals surface area (Å²) < 4.78 is 32.4. The lowest BCUT2D eigenvalue weighted by Gasteiger charge is -2.09. The van der Waals surface area contributed by atoms with Gasteiger partial charge in [-0.2, -0.15) is 0 Å². The average molecular weight is 279 g/mol. The molecule has 1 N–H and O–H groups in total. The Hall–Kier alpha value is -1.59. The first kappa shape index (κ1) is 13.8. The van der Waals surface area contributed by atoms with Gasteiger partial charge in [0.25, 0.3) is 0 Å². The minimum atomic E-state index is -3.50. The van der Waals surface area contributed by atoms with E-state index in [0.717, 1.165) is 12.8 Å². The Morgan fingerprint density at radius 1 is 1.16 bits per heavy atom. The maximum Gasteiger partial charge on any atom is 0.241 e. The summed E-state index contributed by atoms with van der Waals surface area (Å²) in [5, 5.41) is 0. The zero-order valence-electron chi connectivity index (χ0n) is 10.8. The molecular weight excluding hydrogens is 262 g/mol. The highest BCUT2D eigenvalue weighted by Crippen LogP contribution is 2.27. The lowest BCUT2D eigenvalue weighted by Crippen LogP contribution is -2.25. The second kappa shape index (κ2) is 6.04. The minimum Gasteiger partial charge on any atom is -0.464 e. The second-order valence-electron chi connectivity index (χ2n) is 4.22. The van der Waals surface area contributed by atoms with Crippen molar-refractivity contribution in [3.63, 3.8) is 0 Å². The van der Waals surface area contributed by atoms with Crippen molar-refractivity contribution in [2.75, 3.05) is 6.54 Å². The molecule has 0 atom stereocenters. The van der Waals surface area contributed by atoms with Gasteiger partial charge in [-0.15, -0.1) is 0 Å². The van der Waals surface area contributed by atoms with E-state index in [0.29, 0.717) is 17.9 Å². The Bertz CT molecular complexity index is 618. The summed E-state index contributed by atoms with van der Waals surface area (Å²) >= 11 is 0. The van der Waals surface area contributed by atoms with Crippen LogP contribution in [0.1, 0.15) is 19.8 Å². The summed E-state index contributed by atoms with van der Waals surface area (Å²) in [4.78, 5) is 0.251. The molecule has 0 spiro atoms. The Morgan fingerprint density at radius 3 is 2.63 bits per heavy atom. The van der Waals surface area contributed by atoms with Crippen molar-refractivity contribution in [1.82, 2.24) is 4.72 Å². The largest absolute Gasteiger partial charge is 0.464 e. The molecule has 0 aliphatic heterocycles. The van der Waals surface area contributed by atoms with Crippen LogP contribution in [0, 0.1) is 0 Å². The van der Waals surface area contributed by atoms with E-state index >= 15 is 0 Å². The standard InChI is InChI=1S/C14H17NO3S/c1-2-3-10-15-19(16,17)14-9-5-4-7-12(14)13-8-6-11-18-13/h4-9,11,15H,2-3,10H2,1H3. The van der Waals surface area contributed by atoms with Crippen LogP contribution in [0.5, 0.6) is 0 Å². The highest BCUT2D eigenvalue weighted by Gasteiger charge is 2.19. The van der Waals surface area contributed by atoms with Gasteiger partial charge in [0.2, 0.25) is 10.0 Å². The summed E-state index contributed by atoms with van der Waals surface area (Å²) in [5.41, 5.74) is 0.580. The Kier molecular flexibility index (Phi) is 4.39. The van der Waals surface area contributed by atoms with Crippen LogP contribution >= 0.6 is 0 Å². The minimum absolute atomic E-state index is 0.251. The molecule has 1 aromatic heterocycles. The van der Waals surface area contributed by atoms with Crippen LogP contribution in [0.25, 0.3) is 11.3 Å². The zero-order chi connectivity index (χ0) is 13.7. The van der Waals surface area contributed by atoms with Crippen molar-refractivity contribution in [3.8, 4) is 11.3 Å². The number of rotatable bonds is 6. The number of benzene rings is 1. The van der Waals surface area contributed by atoms with Crippen molar-refractivity contribution >= 4 is 10.0 Å². The normalized spacial score (nSPS) is 11.6. The third-order valence-electron chi connectivity index (χ3n) is 2.79. The molecule has 19 heavy (non-hydrogen) atoms. The molecule has 0 saturated carbocycles. The lowest BCUT2D eigenvalue weighted by molar-refractivity contribution is 0.571. The van der Waals surface area contributed by atoms with Crippen molar-refractivity contribution < 1.29 is 12.8 Å². The summed E-state index contributed by atoms with van der Waals surface area (Å²) in [7, 11) is -3.50. The molecule has 1 aromatic carbocycles. The quantitative estimate of drug-likeness (QED) is 0.827. The highest BCUT2D eigenvalue weighted by atomic mass is 32.2. The molecule has 0 radical (unpaired) electrons. The van der Waals surface area contributed by atoms with E-state index in [9.17, 15) is 8.42 Å². The molecular formula is C14H17NO3S. The monoisotopic (exact) mass is 279 g/mol. The van der Waals surface area contributed by atoms with Gasteiger partial charge in [-0.3, -0.25) is 0 Å². The fourth-order valence-electron chi connectivity index (χ4n) is 1.80. The molecule has 0 aliphatic rings. The van der Waals surface area contributed by atoms with Gasteiger partial charge in [0.05, 0.1) is 11.2 Å². The van der Waals surface area contributed by atoms with Gasteiger partial charge in [-0.25, -0.2) is 13.1 Å². The van der Waals surface area contributed by atoms with Crippen LogP contribution in [0.4, 0.5) is 0 Å². The summed E-state index contributed by atoms with van der Waals surface area (Å²) in [6, 6.07) is 10.3. The van der Waals surface area contributed by atoms with E-state index in [4.69, 9.17) is 4.42 Å². The highest BCUT2D eigenvalue weighted by molar-refractivity contribution is 7.89. The van der Waals surface area contributed by atoms with Crippen LogP contribution in [0.2, 0.25) is 0 Å². The fourth-order valence-corrected chi connectivity index (χ4v) is 3.08. The van der Waals surface area contributed by atoms with Crippen LogP contribution in [-0.2, 0) is 10.0 Å². The molecule has 0 amide bonds. The maximum absolute atomic E-state index is 12.3. The molecule has 0 saturated heterocycles. The van der Waals surface area contributed by atoms with E-state index in [1.807, 2.05) is 6.92 Å². The Morgan fingerprint density at radius 2 is 1.95 bits per heavy atom. The van der Waals surface area contributed by atoms with Gasteiger partial charge < -0.3 is 4.42 Å². The number of sulfonamides is 1. The smallest absolute Gasteiger partial charge is 0.241 e. The molecule has 0 aliphatic carbocycles. The topological polar surface area (TPSA) is 59.3 Å². The van der Waals surface area contributed by atoms with Crippen LogP contribution in [0.15, 0.2) is 52.0 Å². The molecule has 2 aromatic rings. The van der Waals surface area contributed by atoms with Gasteiger partial charge in [0.1, 0.15) is 5.76 Å². The number of hydrogen-bond acceptors (Lipinski definition) is 3. The van der Waals surface area contributed by atoms with Crippen molar-refractivity contribution in [2.45, 2.75) is 24.7 Å². The Labute approximate surface area is 113 Å². The van der Waals surface area contributed by atoms with Gasteiger partial charge in [-0.1, -0.05) is 25.5 Å². The predicted octanol–water partition coefficient (Wildman–Crippen LogP) is 3.03. The van der Waals surface area contributed by atoms with Crippen LogP contribution < -0.4 is 4.72 Å². The maximum atomic E-state index is 12.3. The zero-order valence-corrected chi connectivity index (χ0v) is 11.6. The third-order valence-corrected chi connectivity index (χ3v) is 4.30. The molecule has 1 heterocycles. The Balaban J connectivity index is 2.35. The number of nitrogens with one attached hydrogen (secondary N) is 1. The van der Waals surface area contributed by atoms with E-state index in [1.165, 1.54) is 6.26 Å². The van der Waals surface area contributed by atoms with Crippen molar-refractivity contribution in [2.24, 2.45) is 0 Å². The van der Waals surface area contributed by atoms with E-state index in [2.05, 4.69) is 4.72 Å².